The Bertz CT molecular complexity index is 505. The molecule has 0 aromatic rings. The van der Waals surface area contributed by atoms with Gasteiger partial charge in [-0.05, 0) is 44.3 Å². The van der Waals surface area contributed by atoms with Crippen molar-refractivity contribution in [2.75, 3.05) is 0 Å². The average Bonchev–Trinajstić information content (AvgIpc) is 2.40. The minimum Gasteiger partial charge on any atom is -0.166 e. The predicted molar refractivity (Wildman–Crippen MR) is 89.7 cm³/mol. The number of hydrogen-bond donors (Lipinski definition) is 0. The quantitative estimate of drug-likeness (QED) is 0.466. The van der Waals surface area contributed by atoms with E-state index in [-0.39, 0.29) is 0 Å². The fraction of sp³-hybridized carbons (Fsp3) is 0.474. The first-order valence-corrected chi connectivity index (χ1v) is 7.53. The van der Waals surface area contributed by atoms with Gasteiger partial charge in [0.25, 0.3) is 0 Å². The molecule has 0 aliphatic rings. The summed E-state index contributed by atoms with van der Waals surface area (Å²) in [6, 6.07) is 0. The van der Waals surface area contributed by atoms with Crippen molar-refractivity contribution in [2.45, 2.75) is 54.1 Å². The molecule has 0 bridgehead atoms. The minimum atomic E-state index is -4.39. The number of rotatable bonds is 6. The highest BCUT2D eigenvalue weighted by Crippen LogP contribution is 2.27. The van der Waals surface area contributed by atoms with Gasteiger partial charge < -0.3 is 0 Å². The van der Waals surface area contributed by atoms with E-state index in [9.17, 15) is 13.2 Å². The van der Waals surface area contributed by atoms with Crippen LogP contribution >= 0.6 is 0 Å². The van der Waals surface area contributed by atoms with Crippen molar-refractivity contribution in [1.82, 2.24) is 0 Å². The molecule has 0 atom stereocenters. The van der Waals surface area contributed by atoms with Crippen LogP contribution in [0.1, 0.15) is 48.0 Å². The molecule has 0 saturated carbocycles. The molecule has 0 nitrogen and oxygen atoms in total. The van der Waals surface area contributed by atoms with Gasteiger partial charge in [-0.15, -0.1) is 0 Å². The zero-order chi connectivity index (χ0) is 17.5. The zero-order valence-corrected chi connectivity index (χ0v) is 14.4. The molecule has 0 aliphatic heterocycles. The molecular weight excluding hydrogens is 285 g/mol. The second-order valence-electron chi connectivity index (χ2n) is 5.74. The molecule has 0 saturated heterocycles. The maximum Gasteiger partial charge on any atom is 0.415 e. The Morgan fingerprint density at radius 2 is 1.68 bits per heavy atom. The summed E-state index contributed by atoms with van der Waals surface area (Å²) < 4.78 is 37.6. The van der Waals surface area contributed by atoms with Crippen LogP contribution in [0.4, 0.5) is 13.2 Å². The van der Waals surface area contributed by atoms with Gasteiger partial charge in [0.05, 0.1) is 0 Å². The van der Waals surface area contributed by atoms with Crippen molar-refractivity contribution in [2.24, 2.45) is 5.92 Å². The second kappa shape index (κ2) is 8.82. The highest BCUT2D eigenvalue weighted by atomic mass is 19.4. The third-order valence-electron chi connectivity index (χ3n) is 3.47. The summed E-state index contributed by atoms with van der Waals surface area (Å²) >= 11 is 0. The van der Waals surface area contributed by atoms with Crippen LogP contribution in [0.3, 0.4) is 0 Å². The molecular formula is C19H27F3. The Balaban J connectivity index is 5.66. The first-order chi connectivity index (χ1) is 10.0. The molecule has 124 valence electrons. The Morgan fingerprint density at radius 1 is 1.14 bits per heavy atom. The van der Waals surface area contributed by atoms with E-state index in [1.807, 2.05) is 26.8 Å². The molecule has 0 aliphatic carbocycles. The monoisotopic (exact) mass is 312 g/mol. The fourth-order valence-corrected chi connectivity index (χ4v) is 2.01. The standard InChI is InChI=1S/C19H27F3/c1-8-16(11-10-15(7)19(20,21)22)18(14(5)6)12-17(9-2)13(3)4/h8,10-13H,7,9H2,1-6H3/b11-10-,16-8+,17-12+. The fourth-order valence-electron chi connectivity index (χ4n) is 2.01. The van der Waals surface area contributed by atoms with E-state index in [1.165, 1.54) is 11.6 Å². The second-order valence-corrected chi connectivity index (χ2v) is 5.74. The molecule has 22 heavy (non-hydrogen) atoms. The topological polar surface area (TPSA) is 0 Å². The van der Waals surface area contributed by atoms with E-state index in [1.54, 1.807) is 0 Å². The molecule has 0 aromatic carbocycles. The minimum absolute atomic E-state index is 0.409. The van der Waals surface area contributed by atoms with Crippen molar-refractivity contribution < 1.29 is 13.2 Å². The van der Waals surface area contributed by atoms with Gasteiger partial charge in [-0.3, -0.25) is 0 Å². The molecule has 0 N–H and O–H groups in total. The van der Waals surface area contributed by atoms with Crippen molar-refractivity contribution >= 4 is 0 Å². The first-order valence-electron chi connectivity index (χ1n) is 7.53. The molecule has 0 heterocycles. The molecule has 0 unspecified atom stereocenters. The highest BCUT2D eigenvalue weighted by Gasteiger charge is 2.29. The lowest BCUT2D eigenvalue weighted by atomic mass is 9.92. The van der Waals surface area contributed by atoms with Crippen LogP contribution in [-0.2, 0) is 0 Å². The summed E-state index contributed by atoms with van der Waals surface area (Å²) in [6.45, 7) is 15.2. The Kier molecular flexibility index (Phi) is 8.21. The van der Waals surface area contributed by atoms with Gasteiger partial charge >= 0.3 is 6.18 Å². The average molecular weight is 312 g/mol. The van der Waals surface area contributed by atoms with Gasteiger partial charge in [0, 0.05) is 5.57 Å². The largest absolute Gasteiger partial charge is 0.415 e. The lowest BCUT2D eigenvalue weighted by Crippen LogP contribution is -2.08. The smallest absolute Gasteiger partial charge is 0.166 e. The summed E-state index contributed by atoms with van der Waals surface area (Å²) in [5.41, 5.74) is 3.25. The van der Waals surface area contributed by atoms with E-state index in [0.29, 0.717) is 5.92 Å². The van der Waals surface area contributed by atoms with Gasteiger partial charge in [0.2, 0.25) is 0 Å². The lowest BCUT2D eigenvalue weighted by Gasteiger charge is -2.14. The number of halogens is 3. The lowest BCUT2D eigenvalue weighted by molar-refractivity contribution is -0.0878. The summed E-state index contributed by atoms with van der Waals surface area (Å²) in [7, 11) is 0. The van der Waals surface area contributed by atoms with Crippen LogP contribution in [0.25, 0.3) is 0 Å². The number of hydrogen-bond acceptors (Lipinski definition) is 0. The van der Waals surface area contributed by atoms with Crippen LogP contribution in [-0.4, -0.2) is 6.18 Å². The highest BCUT2D eigenvalue weighted by molar-refractivity contribution is 5.50. The molecule has 0 radical (unpaired) electrons. The predicted octanol–water partition coefficient (Wildman–Crippen LogP) is 6.94. The van der Waals surface area contributed by atoms with Crippen LogP contribution in [0.5, 0.6) is 0 Å². The molecule has 0 fully saturated rings. The normalized spacial score (nSPS) is 13.9. The summed E-state index contributed by atoms with van der Waals surface area (Å²) in [4.78, 5) is 0. The van der Waals surface area contributed by atoms with Gasteiger partial charge in [-0.25, -0.2) is 0 Å². The van der Waals surface area contributed by atoms with Crippen LogP contribution in [0.15, 0.2) is 58.7 Å². The van der Waals surface area contributed by atoms with Gasteiger partial charge in [0.15, 0.2) is 0 Å². The van der Waals surface area contributed by atoms with Crippen LogP contribution in [0, 0.1) is 5.92 Å². The van der Waals surface area contributed by atoms with Crippen molar-refractivity contribution in [3.05, 3.63) is 58.7 Å². The maximum absolute atomic E-state index is 12.5. The van der Waals surface area contributed by atoms with Gasteiger partial charge in [-0.1, -0.05) is 62.8 Å². The van der Waals surface area contributed by atoms with E-state index in [0.717, 1.165) is 29.2 Å². The van der Waals surface area contributed by atoms with Crippen molar-refractivity contribution in [1.29, 1.82) is 0 Å². The van der Waals surface area contributed by atoms with Gasteiger partial charge in [-0.2, -0.15) is 13.2 Å². The first kappa shape index (κ1) is 20.5. The van der Waals surface area contributed by atoms with Gasteiger partial charge in [0.1, 0.15) is 0 Å². The number of allylic oxidation sites excluding steroid dienone is 9. The Labute approximate surface area is 132 Å². The van der Waals surface area contributed by atoms with E-state index in [4.69, 9.17) is 0 Å². The summed E-state index contributed by atoms with van der Waals surface area (Å²) in [5.74, 6) is 0.409. The molecule has 0 amide bonds. The van der Waals surface area contributed by atoms with E-state index < -0.39 is 11.7 Å². The van der Waals surface area contributed by atoms with Crippen LogP contribution < -0.4 is 0 Å². The third kappa shape index (κ3) is 6.50. The molecule has 0 aromatic heterocycles. The Morgan fingerprint density at radius 3 is 2.00 bits per heavy atom. The summed E-state index contributed by atoms with van der Waals surface area (Å²) in [6.07, 6.45) is 2.98. The molecule has 0 spiro atoms. The van der Waals surface area contributed by atoms with Crippen molar-refractivity contribution in [3.63, 3.8) is 0 Å². The van der Waals surface area contributed by atoms with E-state index in [2.05, 4.69) is 33.4 Å². The molecule has 0 rings (SSSR count). The Hall–Kier alpha value is -1.51. The SMILES string of the molecule is C=C(/C=C\C(=C/C)C(/C=C(\CC)C(C)C)=C(C)C)C(F)(F)F. The zero-order valence-electron chi connectivity index (χ0n) is 14.4. The summed E-state index contributed by atoms with van der Waals surface area (Å²) in [5, 5.41) is 0. The number of alkyl halides is 3. The van der Waals surface area contributed by atoms with Crippen LogP contribution in [0.2, 0.25) is 0 Å². The maximum atomic E-state index is 12.5. The third-order valence-corrected chi connectivity index (χ3v) is 3.47. The van der Waals surface area contributed by atoms with Crippen molar-refractivity contribution in [3.8, 4) is 0 Å². The van der Waals surface area contributed by atoms with E-state index >= 15 is 0 Å². The molecule has 3 heteroatoms.